The first-order valence-corrected chi connectivity index (χ1v) is 9.77. The summed E-state index contributed by atoms with van der Waals surface area (Å²) in [5.41, 5.74) is 1.24. The van der Waals surface area contributed by atoms with Gasteiger partial charge in [0, 0.05) is 0 Å². The molecule has 0 N–H and O–H groups in total. The van der Waals surface area contributed by atoms with Crippen LogP contribution in [0.15, 0.2) is 54.6 Å². The summed E-state index contributed by atoms with van der Waals surface area (Å²) in [6.07, 6.45) is 0. The van der Waals surface area contributed by atoms with Gasteiger partial charge in [0.25, 0.3) is 0 Å². The molecule has 0 aliphatic carbocycles. The first-order chi connectivity index (χ1) is 7.81. The quantitative estimate of drug-likeness (QED) is 0.732. The molecule has 0 bridgehead atoms. The molecule has 0 saturated heterocycles. The molecule has 1 atom stereocenters. The summed E-state index contributed by atoms with van der Waals surface area (Å²) >= 11 is -2.61. The Labute approximate surface area is 102 Å². The molecule has 0 aromatic heterocycles. The molecule has 0 amide bonds. The SMILES string of the molecule is Cl[Se]1(c2ccccc2)OCc2ccccc21. The Balaban J connectivity index is 2.15. The fraction of sp³-hybridized carbons (Fsp3) is 0.0769. The minimum atomic E-state index is -2.61. The van der Waals surface area contributed by atoms with Gasteiger partial charge in [-0.3, -0.25) is 0 Å². The van der Waals surface area contributed by atoms with Crippen LogP contribution in [0.5, 0.6) is 0 Å². The zero-order valence-corrected chi connectivity index (χ0v) is 11.1. The first kappa shape index (κ1) is 10.4. The maximum absolute atomic E-state index is 6.76. The normalized spacial score (nSPS) is 27.1. The van der Waals surface area contributed by atoms with E-state index in [1.165, 1.54) is 10.0 Å². The van der Waals surface area contributed by atoms with E-state index in [-0.39, 0.29) is 0 Å². The maximum atomic E-state index is 6.76. The van der Waals surface area contributed by atoms with Crippen LogP contribution in [0, 0.1) is 0 Å². The molecule has 82 valence electrons. The summed E-state index contributed by atoms with van der Waals surface area (Å²) in [5, 5.41) is 0. The molecule has 0 saturated carbocycles. The molecular weight excluding hydrogens is 287 g/mol. The average molecular weight is 298 g/mol. The van der Waals surface area contributed by atoms with Gasteiger partial charge in [0.1, 0.15) is 0 Å². The molecule has 1 nitrogen and oxygen atoms in total. The number of hydrogen-bond acceptors (Lipinski definition) is 1. The van der Waals surface area contributed by atoms with Crippen LogP contribution >= 0.6 is 10.1 Å². The molecule has 1 unspecified atom stereocenters. The van der Waals surface area contributed by atoms with Crippen molar-refractivity contribution in [1.29, 1.82) is 0 Å². The van der Waals surface area contributed by atoms with Gasteiger partial charge in [-0.2, -0.15) is 0 Å². The van der Waals surface area contributed by atoms with Crippen LogP contribution in [0.25, 0.3) is 0 Å². The Morgan fingerprint density at radius 1 is 0.938 bits per heavy atom. The predicted octanol–water partition coefficient (Wildman–Crippen LogP) is 2.01. The molecule has 1 aliphatic heterocycles. The Morgan fingerprint density at radius 2 is 1.62 bits per heavy atom. The topological polar surface area (TPSA) is 9.23 Å². The van der Waals surface area contributed by atoms with Crippen molar-refractivity contribution in [3.05, 3.63) is 60.2 Å². The zero-order chi connectivity index (χ0) is 11.0. The molecule has 16 heavy (non-hydrogen) atoms. The van der Waals surface area contributed by atoms with Crippen molar-refractivity contribution in [3.8, 4) is 0 Å². The van der Waals surface area contributed by atoms with E-state index < -0.39 is 12.3 Å². The molecule has 1 aliphatic rings. The zero-order valence-electron chi connectivity index (χ0n) is 8.60. The van der Waals surface area contributed by atoms with Gasteiger partial charge in [0.05, 0.1) is 0 Å². The summed E-state index contributed by atoms with van der Waals surface area (Å²) in [4.78, 5) is 0. The van der Waals surface area contributed by atoms with Gasteiger partial charge in [0.15, 0.2) is 0 Å². The number of hydrogen-bond donors (Lipinski definition) is 0. The molecule has 1 heterocycles. The number of rotatable bonds is 1. The fourth-order valence-electron chi connectivity index (χ4n) is 1.88. The number of halogens is 1. The fourth-order valence-corrected chi connectivity index (χ4v) is 7.69. The Bertz CT molecular complexity index is 514. The van der Waals surface area contributed by atoms with Crippen LogP contribution in [0.2, 0.25) is 0 Å². The van der Waals surface area contributed by atoms with Crippen LogP contribution < -0.4 is 8.92 Å². The second-order valence-electron chi connectivity index (χ2n) is 3.67. The molecule has 3 rings (SSSR count). The van der Waals surface area contributed by atoms with Crippen LogP contribution in [0.3, 0.4) is 0 Å². The van der Waals surface area contributed by atoms with E-state index in [1.54, 1.807) is 0 Å². The second-order valence-corrected chi connectivity index (χ2v) is 10.4. The molecule has 0 radical (unpaired) electrons. The van der Waals surface area contributed by atoms with Crippen LogP contribution in [0.1, 0.15) is 5.56 Å². The van der Waals surface area contributed by atoms with E-state index in [0.29, 0.717) is 6.61 Å². The second kappa shape index (κ2) is 3.90. The summed E-state index contributed by atoms with van der Waals surface area (Å²) in [7, 11) is 6.76. The van der Waals surface area contributed by atoms with Gasteiger partial charge in [-0.15, -0.1) is 0 Å². The monoisotopic (exact) mass is 298 g/mol. The van der Waals surface area contributed by atoms with Crippen LogP contribution in [0.4, 0.5) is 0 Å². The van der Waals surface area contributed by atoms with Gasteiger partial charge in [0.2, 0.25) is 0 Å². The van der Waals surface area contributed by atoms with Crippen molar-refractivity contribution in [2.24, 2.45) is 0 Å². The summed E-state index contributed by atoms with van der Waals surface area (Å²) in [6, 6.07) is 18.4. The van der Waals surface area contributed by atoms with Crippen molar-refractivity contribution >= 4 is 31.3 Å². The third kappa shape index (κ3) is 1.50. The van der Waals surface area contributed by atoms with Crippen molar-refractivity contribution in [2.45, 2.75) is 6.61 Å². The van der Waals surface area contributed by atoms with Gasteiger partial charge in [-0.1, -0.05) is 0 Å². The Kier molecular flexibility index (Phi) is 2.53. The van der Waals surface area contributed by atoms with E-state index in [9.17, 15) is 0 Å². The van der Waals surface area contributed by atoms with E-state index in [0.717, 1.165) is 4.46 Å². The standard InChI is InChI=1S/C13H11ClOSe/c14-16(12-7-2-1-3-8-12)13-9-5-4-6-11(13)10-15-16/h1-9H,10H2. The van der Waals surface area contributed by atoms with E-state index in [1.807, 2.05) is 30.3 Å². The van der Waals surface area contributed by atoms with E-state index in [4.69, 9.17) is 13.9 Å². The molecule has 0 fully saturated rings. The number of fused-ring (bicyclic) bond motifs is 1. The first-order valence-electron chi connectivity index (χ1n) is 5.11. The van der Waals surface area contributed by atoms with Crippen molar-refractivity contribution < 1.29 is 3.82 Å². The number of benzene rings is 2. The summed E-state index contributed by atoms with van der Waals surface area (Å²) in [6.45, 7) is 0.647. The minimum absolute atomic E-state index is 0.647. The molecular formula is C13H11ClOSe. The van der Waals surface area contributed by atoms with Gasteiger partial charge in [-0.05, 0) is 0 Å². The van der Waals surface area contributed by atoms with E-state index in [2.05, 4.69) is 24.3 Å². The Morgan fingerprint density at radius 3 is 2.44 bits per heavy atom. The Hall–Kier alpha value is -0.791. The predicted molar refractivity (Wildman–Crippen MR) is 68.5 cm³/mol. The van der Waals surface area contributed by atoms with Gasteiger partial charge >= 0.3 is 102 Å². The van der Waals surface area contributed by atoms with Crippen LogP contribution in [-0.4, -0.2) is 12.3 Å². The molecule has 2 aromatic carbocycles. The van der Waals surface area contributed by atoms with Crippen molar-refractivity contribution in [3.63, 3.8) is 0 Å². The third-order valence-corrected chi connectivity index (χ3v) is 9.73. The molecule has 3 heteroatoms. The van der Waals surface area contributed by atoms with Crippen molar-refractivity contribution in [2.75, 3.05) is 0 Å². The summed E-state index contributed by atoms with van der Waals surface area (Å²) in [5.74, 6) is 0. The molecule has 2 aromatic rings. The summed E-state index contributed by atoms with van der Waals surface area (Å²) < 4.78 is 8.28. The molecule has 0 spiro atoms. The van der Waals surface area contributed by atoms with E-state index >= 15 is 0 Å². The third-order valence-electron chi connectivity index (χ3n) is 2.68. The van der Waals surface area contributed by atoms with Crippen LogP contribution in [-0.2, 0) is 10.4 Å². The van der Waals surface area contributed by atoms with Gasteiger partial charge < -0.3 is 0 Å². The average Bonchev–Trinajstić information content (AvgIpc) is 2.71. The van der Waals surface area contributed by atoms with Crippen molar-refractivity contribution in [1.82, 2.24) is 0 Å². The van der Waals surface area contributed by atoms with Gasteiger partial charge in [-0.25, -0.2) is 0 Å².